The molecule has 2 aliphatic heterocycles. The SMILES string of the molecule is Cc1noc(C)c1CCC(=O)N1CCn2nc(CN3CCOCC3)cc2C1. The van der Waals surface area contributed by atoms with Crippen molar-refractivity contribution in [1.29, 1.82) is 0 Å². The van der Waals surface area contributed by atoms with Crippen LogP contribution in [-0.4, -0.2) is 63.5 Å². The summed E-state index contributed by atoms with van der Waals surface area (Å²) in [6.07, 6.45) is 1.16. The first-order chi connectivity index (χ1) is 13.1. The Hall–Kier alpha value is -2.19. The van der Waals surface area contributed by atoms with Gasteiger partial charge in [-0.25, -0.2) is 0 Å². The van der Waals surface area contributed by atoms with Crippen LogP contribution in [0.5, 0.6) is 0 Å². The van der Waals surface area contributed by atoms with Crippen molar-refractivity contribution >= 4 is 5.91 Å². The number of amides is 1. The van der Waals surface area contributed by atoms with Crippen molar-refractivity contribution in [3.63, 3.8) is 0 Å². The van der Waals surface area contributed by atoms with Gasteiger partial charge in [-0.1, -0.05) is 5.16 Å². The summed E-state index contributed by atoms with van der Waals surface area (Å²) >= 11 is 0. The van der Waals surface area contributed by atoms with Gasteiger partial charge >= 0.3 is 0 Å². The highest BCUT2D eigenvalue weighted by molar-refractivity contribution is 5.76. The van der Waals surface area contributed by atoms with Crippen LogP contribution in [0.25, 0.3) is 0 Å². The summed E-state index contributed by atoms with van der Waals surface area (Å²) in [6, 6.07) is 2.14. The van der Waals surface area contributed by atoms with E-state index < -0.39 is 0 Å². The summed E-state index contributed by atoms with van der Waals surface area (Å²) < 4.78 is 12.6. The lowest BCUT2D eigenvalue weighted by Crippen LogP contribution is -2.38. The Balaban J connectivity index is 1.34. The van der Waals surface area contributed by atoms with Crippen molar-refractivity contribution in [2.75, 3.05) is 32.8 Å². The molecule has 2 aliphatic rings. The predicted molar refractivity (Wildman–Crippen MR) is 98.0 cm³/mol. The Labute approximate surface area is 159 Å². The van der Waals surface area contributed by atoms with Crippen LogP contribution >= 0.6 is 0 Å². The molecule has 1 saturated heterocycles. The third-order valence-corrected chi connectivity index (χ3v) is 5.46. The summed E-state index contributed by atoms with van der Waals surface area (Å²) in [4.78, 5) is 17.0. The van der Waals surface area contributed by atoms with Crippen LogP contribution in [0.2, 0.25) is 0 Å². The molecule has 0 aliphatic carbocycles. The summed E-state index contributed by atoms with van der Waals surface area (Å²) in [5, 5.41) is 8.69. The number of ether oxygens (including phenoxy) is 1. The highest BCUT2D eigenvalue weighted by Crippen LogP contribution is 2.19. The fourth-order valence-electron chi connectivity index (χ4n) is 3.85. The molecule has 8 heteroatoms. The Bertz CT molecular complexity index is 787. The van der Waals surface area contributed by atoms with E-state index in [1.807, 2.05) is 23.4 Å². The minimum Gasteiger partial charge on any atom is -0.379 e. The molecular formula is C19H27N5O3. The largest absolute Gasteiger partial charge is 0.379 e. The minimum atomic E-state index is 0.178. The molecular weight excluding hydrogens is 346 g/mol. The Morgan fingerprint density at radius 3 is 2.74 bits per heavy atom. The van der Waals surface area contributed by atoms with E-state index >= 15 is 0 Å². The lowest BCUT2D eigenvalue weighted by atomic mass is 10.1. The molecule has 0 bridgehead atoms. The van der Waals surface area contributed by atoms with Crippen molar-refractivity contribution in [1.82, 2.24) is 24.7 Å². The molecule has 4 heterocycles. The zero-order chi connectivity index (χ0) is 18.8. The average Bonchev–Trinajstić information content (AvgIpc) is 3.22. The quantitative estimate of drug-likeness (QED) is 0.786. The van der Waals surface area contributed by atoms with Gasteiger partial charge < -0.3 is 14.2 Å². The van der Waals surface area contributed by atoms with Crippen molar-refractivity contribution in [3.8, 4) is 0 Å². The van der Waals surface area contributed by atoms with Gasteiger partial charge in [0.1, 0.15) is 5.76 Å². The molecule has 1 amide bonds. The maximum absolute atomic E-state index is 12.7. The van der Waals surface area contributed by atoms with Gasteiger partial charge in [-0.15, -0.1) is 0 Å². The molecule has 27 heavy (non-hydrogen) atoms. The van der Waals surface area contributed by atoms with Gasteiger partial charge in [0.05, 0.1) is 43.4 Å². The number of hydrogen-bond acceptors (Lipinski definition) is 6. The molecule has 0 aromatic carbocycles. The first-order valence-corrected chi connectivity index (χ1v) is 9.65. The zero-order valence-electron chi connectivity index (χ0n) is 16.1. The van der Waals surface area contributed by atoms with Crippen molar-refractivity contribution in [3.05, 3.63) is 34.5 Å². The van der Waals surface area contributed by atoms with E-state index in [1.165, 1.54) is 0 Å². The zero-order valence-corrected chi connectivity index (χ0v) is 16.1. The molecule has 0 atom stereocenters. The Morgan fingerprint density at radius 1 is 1.19 bits per heavy atom. The normalized spacial score (nSPS) is 17.9. The van der Waals surface area contributed by atoms with Crippen molar-refractivity contribution in [2.24, 2.45) is 0 Å². The number of morpholine rings is 1. The standard InChI is InChI=1S/C19H27N5O3/c1-14-18(15(2)27-21-14)3-4-19(25)23-5-6-24-17(13-23)11-16(20-24)12-22-7-9-26-10-8-22/h11H,3-10,12-13H2,1-2H3. The highest BCUT2D eigenvalue weighted by atomic mass is 16.5. The van der Waals surface area contributed by atoms with Gasteiger partial charge in [0.2, 0.25) is 5.91 Å². The highest BCUT2D eigenvalue weighted by Gasteiger charge is 2.23. The van der Waals surface area contributed by atoms with Gasteiger partial charge in [0.15, 0.2) is 0 Å². The van der Waals surface area contributed by atoms with Gasteiger partial charge in [-0.3, -0.25) is 14.4 Å². The van der Waals surface area contributed by atoms with Crippen molar-refractivity contribution < 1.29 is 14.1 Å². The average molecular weight is 373 g/mol. The summed E-state index contributed by atoms with van der Waals surface area (Å²) in [6.45, 7) is 10.3. The molecule has 146 valence electrons. The van der Waals surface area contributed by atoms with E-state index in [-0.39, 0.29) is 5.91 Å². The number of rotatable bonds is 5. The number of hydrogen-bond donors (Lipinski definition) is 0. The summed E-state index contributed by atoms with van der Waals surface area (Å²) in [5.41, 5.74) is 4.13. The smallest absolute Gasteiger partial charge is 0.223 e. The molecule has 8 nitrogen and oxygen atoms in total. The van der Waals surface area contributed by atoms with Gasteiger partial charge in [-0.2, -0.15) is 5.10 Å². The minimum absolute atomic E-state index is 0.178. The molecule has 0 saturated carbocycles. The van der Waals surface area contributed by atoms with E-state index in [1.54, 1.807) is 0 Å². The topological polar surface area (TPSA) is 76.6 Å². The fraction of sp³-hybridized carbons (Fsp3) is 0.632. The number of nitrogens with zero attached hydrogens (tertiary/aromatic N) is 5. The summed E-state index contributed by atoms with van der Waals surface area (Å²) in [7, 11) is 0. The fourth-order valence-corrected chi connectivity index (χ4v) is 3.85. The molecule has 0 N–H and O–H groups in total. The van der Waals surface area contributed by atoms with E-state index in [0.29, 0.717) is 25.9 Å². The van der Waals surface area contributed by atoms with E-state index in [2.05, 4.69) is 16.1 Å². The molecule has 0 unspecified atom stereocenters. The molecule has 0 spiro atoms. The monoisotopic (exact) mass is 373 g/mol. The van der Waals surface area contributed by atoms with E-state index in [0.717, 1.165) is 67.8 Å². The maximum atomic E-state index is 12.7. The van der Waals surface area contributed by atoms with Crippen LogP contribution in [0.1, 0.15) is 34.8 Å². The Kier molecular flexibility index (Phi) is 5.27. The summed E-state index contributed by atoms with van der Waals surface area (Å²) in [5.74, 6) is 0.988. The maximum Gasteiger partial charge on any atom is 0.223 e. The number of carbonyl (C=O) groups is 1. The van der Waals surface area contributed by atoms with Gasteiger partial charge in [-0.05, 0) is 26.3 Å². The van der Waals surface area contributed by atoms with Gasteiger partial charge in [0, 0.05) is 38.2 Å². The second-order valence-electron chi connectivity index (χ2n) is 7.36. The third kappa shape index (κ3) is 4.06. The van der Waals surface area contributed by atoms with Crippen LogP contribution < -0.4 is 0 Å². The predicted octanol–water partition coefficient (Wildman–Crippen LogP) is 1.30. The van der Waals surface area contributed by atoms with E-state index in [9.17, 15) is 4.79 Å². The third-order valence-electron chi connectivity index (χ3n) is 5.46. The van der Waals surface area contributed by atoms with E-state index in [4.69, 9.17) is 14.4 Å². The Morgan fingerprint density at radius 2 is 2.00 bits per heavy atom. The molecule has 2 aromatic heterocycles. The second-order valence-corrected chi connectivity index (χ2v) is 7.36. The number of fused-ring (bicyclic) bond motifs is 1. The van der Waals surface area contributed by atoms with Crippen LogP contribution in [0.4, 0.5) is 0 Å². The van der Waals surface area contributed by atoms with Crippen LogP contribution in [-0.2, 0) is 35.6 Å². The molecule has 0 radical (unpaired) electrons. The first-order valence-electron chi connectivity index (χ1n) is 9.65. The van der Waals surface area contributed by atoms with Gasteiger partial charge in [0.25, 0.3) is 0 Å². The molecule has 2 aromatic rings. The van der Waals surface area contributed by atoms with Crippen LogP contribution in [0.15, 0.2) is 10.6 Å². The van der Waals surface area contributed by atoms with Crippen molar-refractivity contribution in [2.45, 2.75) is 46.3 Å². The number of aromatic nitrogens is 3. The number of carbonyl (C=O) groups excluding carboxylic acids is 1. The molecule has 4 rings (SSSR count). The lowest BCUT2D eigenvalue weighted by Gasteiger charge is -2.27. The second kappa shape index (κ2) is 7.82. The van der Waals surface area contributed by atoms with Crippen LogP contribution in [0, 0.1) is 13.8 Å². The lowest BCUT2D eigenvalue weighted by molar-refractivity contribution is -0.132. The van der Waals surface area contributed by atoms with Crippen LogP contribution in [0.3, 0.4) is 0 Å². The first kappa shape index (κ1) is 18.2. The molecule has 1 fully saturated rings. The number of aryl methyl sites for hydroxylation is 2.